The van der Waals surface area contributed by atoms with E-state index in [-0.39, 0.29) is 5.95 Å². The average Bonchev–Trinajstić information content (AvgIpc) is 2.40. The Morgan fingerprint density at radius 2 is 2.00 bits per heavy atom. The van der Waals surface area contributed by atoms with Crippen molar-refractivity contribution < 1.29 is 4.74 Å². The first kappa shape index (κ1) is 12.3. The Balaban J connectivity index is 2.31. The lowest BCUT2D eigenvalue weighted by Gasteiger charge is -2.06. The summed E-state index contributed by atoms with van der Waals surface area (Å²) >= 11 is 3.42. The van der Waals surface area contributed by atoms with E-state index in [2.05, 4.69) is 31.2 Å². The van der Waals surface area contributed by atoms with Crippen molar-refractivity contribution in [3.63, 3.8) is 0 Å². The number of anilines is 1. The maximum atomic E-state index is 8.44. The molecule has 0 atom stereocenters. The Bertz CT molecular complexity index is 592. The lowest BCUT2D eigenvalue weighted by atomic mass is 10.1. The number of rotatable bonds is 3. The molecule has 0 unspecified atom stereocenters. The molecule has 0 aliphatic rings. The number of nitriles is 1. The molecule has 0 fully saturated rings. The molecular weight excluding hydrogens is 296 g/mol. The highest BCUT2D eigenvalue weighted by molar-refractivity contribution is 9.10. The summed E-state index contributed by atoms with van der Waals surface area (Å²) in [4.78, 5) is 8.05. The molecule has 1 aromatic heterocycles. The average molecular weight is 305 g/mol. The van der Waals surface area contributed by atoms with Gasteiger partial charge in [0.1, 0.15) is 5.75 Å². The summed E-state index contributed by atoms with van der Waals surface area (Å²) in [5.74, 6) is 1.05. The highest BCUT2D eigenvalue weighted by Crippen LogP contribution is 2.30. The lowest BCUT2D eigenvalue weighted by Crippen LogP contribution is -1.95. The molecule has 0 saturated carbocycles. The van der Waals surface area contributed by atoms with E-state index in [0.717, 1.165) is 21.3 Å². The van der Waals surface area contributed by atoms with Gasteiger partial charge in [0.25, 0.3) is 0 Å². The number of nitrogens with zero attached hydrogens (tertiary/aromatic N) is 3. The molecular formula is C12H9BrN4O. The van der Waals surface area contributed by atoms with Crippen LogP contribution in [0.5, 0.6) is 5.75 Å². The fraction of sp³-hybridized carbons (Fsp3) is 0.0833. The van der Waals surface area contributed by atoms with Gasteiger partial charge in [-0.25, -0.2) is 9.97 Å². The van der Waals surface area contributed by atoms with Gasteiger partial charge in [0.05, 0.1) is 11.6 Å². The monoisotopic (exact) mass is 304 g/mol. The molecule has 6 heteroatoms. The van der Waals surface area contributed by atoms with Gasteiger partial charge in [-0.15, -0.1) is 0 Å². The molecule has 5 nitrogen and oxygen atoms in total. The molecule has 0 amide bonds. The Labute approximate surface area is 113 Å². The number of halogens is 1. The summed E-state index contributed by atoms with van der Waals surface area (Å²) in [5, 5.41) is 10.8. The summed E-state index contributed by atoms with van der Waals surface area (Å²) in [7, 11) is 1.62. The number of benzene rings is 1. The molecule has 1 heterocycles. The number of aromatic nitrogens is 2. The van der Waals surface area contributed by atoms with Gasteiger partial charge in [-0.05, 0) is 33.6 Å². The van der Waals surface area contributed by atoms with E-state index >= 15 is 0 Å². The zero-order valence-electron chi connectivity index (χ0n) is 9.51. The van der Waals surface area contributed by atoms with Gasteiger partial charge in [-0.1, -0.05) is 6.07 Å². The van der Waals surface area contributed by atoms with Gasteiger partial charge in [0.15, 0.2) is 6.19 Å². The normalized spacial score (nSPS) is 9.61. The molecule has 0 spiro atoms. The van der Waals surface area contributed by atoms with Crippen LogP contribution in [-0.2, 0) is 0 Å². The summed E-state index contributed by atoms with van der Waals surface area (Å²) in [6.45, 7) is 0. The zero-order valence-corrected chi connectivity index (χ0v) is 11.1. The van der Waals surface area contributed by atoms with Crippen molar-refractivity contribution in [2.75, 3.05) is 12.4 Å². The summed E-state index contributed by atoms with van der Waals surface area (Å²) in [5.41, 5.74) is 1.83. The van der Waals surface area contributed by atoms with Gasteiger partial charge in [-0.3, -0.25) is 5.32 Å². The predicted octanol–water partition coefficient (Wildman–Crippen LogP) is 2.81. The molecule has 1 aromatic carbocycles. The van der Waals surface area contributed by atoms with Gasteiger partial charge in [0, 0.05) is 18.0 Å². The van der Waals surface area contributed by atoms with Crippen LogP contribution in [0.4, 0.5) is 5.95 Å². The molecule has 0 saturated heterocycles. The topological polar surface area (TPSA) is 70.8 Å². The van der Waals surface area contributed by atoms with Crippen molar-refractivity contribution in [3.05, 3.63) is 35.1 Å². The third-order valence-corrected chi connectivity index (χ3v) is 2.92. The van der Waals surface area contributed by atoms with E-state index in [1.165, 1.54) is 0 Å². The molecule has 1 N–H and O–H groups in total. The van der Waals surface area contributed by atoms with Crippen molar-refractivity contribution >= 4 is 21.9 Å². The van der Waals surface area contributed by atoms with Crippen LogP contribution in [0.2, 0.25) is 0 Å². The fourth-order valence-corrected chi connectivity index (χ4v) is 1.98. The van der Waals surface area contributed by atoms with Crippen molar-refractivity contribution in [2.45, 2.75) is 0 Å². The summed E-state index contributed by atoms with van der Waals surface area (Å²) in [6.07, 6.45) is 5.08. The van der Waals surface area contributed by atoms with Crippen LogP contribution < -0.4 is 10.1 Å². The minimum absolute atomic E-state index is 0.286. The molecule has 0 aliphatic heterocycles. The largest absolute Gasteiger partial charge is 0.496 e. The number of hydrogen-bond acceptors (Lipinski definition) is 5. The Morgan fingerprint density at radius 3 is 2.56 bits per heavy atom. The Morgan fingerprint density at radius 1 is 1.28 bits per heavy atom. The van der Waals surface area contributed by atoms with Crippen LogP contribution in [0.1, 0.15) is 0 Å². The SMILES string of the molecule is COc1ccc(-c2cnc(NC#N)nc2)cc1Br. The number of ether oxygens (including phenoxy) is 1. The third-order valence-electron chi connectivity index (χ3n) is 2.30. The second-order valence-corrected chi connectivity index (χ2v) is 4.24. The fourth-order valence-electron chi connectivity index (χ4n) is 1.44. The van der Waals surface area contributed by atoms with Crippen molar-refractivity contribution in [2.24, 2.45) is 0 Å². The van der Waals surface area contributed by atoms with Crippen LogP contribution in [0.15, 0.2) is 35.1 Å². The van der Waals surface area contributed by atoms with Gasteiger partial charge in [-0.2, -0.15) is 5.26 Å². The first-order valence-corrected chi connectivity index (χ1v) is 5.85. The summed E-state index contributed by atoms with van der Waals surface area (Å²) in [6, 6.07) is 5.70. The van der Waals surface area contributed by atoms with Crippen LogP contribution in [-0.4, -0.2) is 17.1 Å². The Hall–Kier alpha value is -2.13. The smallest absolute Gasteiger partial charge is 0.236 e. The van der Waals surface area contributed by atoms with Crippen molar-refractivity contribution in [3.8, 4) is 23.1 Å². The first-order chi connectivity index (χ1) is 8.74. The van der Waals surface area contributed by atoms with E-state index in [0.29, 0.717) is 0 Å². The zero-order chi connectivity index (χ0) is 13.0. The number of hydrogen-bond donors (Lipinski definition) is 1. The molecule has 0 bridgehead atoms. The van der Waals surface area contributed by atoms with Crippen molar-refractivity contribution in [1.29, 1.82) is 5.26 Å². The second-order valence-electron chi connectivity index (χ2n) is 3.38. The standard InChI is InChI=1S/C12H9BrN4O/c1-18-11-3-2-8(4-10(11)13)9-5-15-12(16-6-9)17-7-14/h2-6H,1H3,(H,15,16,17). The first-order valence-electron chi connectivity index (χ1n) is 5.05. The molecule has 2 aromatic rings. The van der Waals surface area contributed by atoms with Crippen LogP contribution in [0, 0.1) is 11.5 Å². The molecule has 18 heavy (non-hydrogen) atoms. The van der Waals surface area contributed by atoms with Crippen LogP contribution in [0.3, 0.4) is 0 Å². The van der Waals surface area contributed by atoms with Gasteiger partial charge < -0.3 is 4.74 Å². The quantitative estimate of drug-likeness (QED) is 0.697. The molecule has 90 valence electrons. The highest BCUT2D eigenvalue weighted by atomic mass is 79.9. The van der Waals surface area contributed by atoms with E-state index in [9.17, 15) is 0 Å². The van der Waals surface area contributed by atoms with Crippen LogP contribution >= 0.6 is 15.9 Å². The van der Waals surface area contributed by atoms with Gasteiger partial charge in [0.2, 0.25) is 5.95 Å². The van der Waals surface area contributed by atoms with E-state index < -0.39 is 0 Å². The Kier molecular flexibility index (Phi) is 3.75. The maximum absolute atomic E-state index is 8.44. The van der Waals surface area contributed by atoms with Gasteiger partial charge >= 0.3 is 0 Å². The molecule has 0 aliphatic carbocycles. The lowest BCUT2D eigenvalue weighted by molar-refractivity contribution is 0.412. The summed E-state index contributed by atoms with van der Waals surface area (Å²) < 4.78 is 6.03. The van der Waals surface area contributed by atoms with E-state index in [1.54, 1.807) is 25.7 Å². The molecule has 0 radical (unpaired) electrons. The highest BCUT2D eigenvalue weighted by Gasteiger charge is 2.04. The predicted molar refractivity (Wildman–Crippen MR) is 71.0 cm³/mol. The van der Waals surface area contributed by atoms with E-state index in [1.807, 2.05) is 18.2 Å². The van der Waals surface area contributed by atoms with E-state index in [4.69, 9.17) is 10.00 Å². The second kappa shape index (κ2) is 5.47. The third kappa shape index (κ3) is 2.57. The minimum Gasteiger partial charge on any atom is -0.496 e. The minimum atomic E-state index is 0.286. The number of methoxy groups -OCH3 is 1. The van der Waals surface area contributed by atoms with Crippen LogP contribution in [0.25, 0.3) is 11.1 Å². The van der Waals surface area contributed by atoms with Crippen molar-refractivity contribution in [1.82, 2.24) is 9.97 Å². The maximum Gasteiger partial charge on any atom is 0.236 e. The number of nitrogens with one attached hydrogen (secondary N) is 1. The molecule has 2 rings (SSSR count).